The first-order valence-electron chi connectivity index (χ1n) is 28.8. The van der Waals surface area contributed by atoms with Crippen LogP contribution in [0.15, 0.2) is 241 Å². The minimum atomic E-state index is -3.43. The summed E-state index contributed by atoms with van der Waals surface area (Å²) in [7, 11) is -3.43. The standard InChI is InChI=1S/C70H69NO11SSi/c1-70(2,3)84(53-37-21-9-22-38-53,54-39-23-10-24-40-54)82-63-60(74-43-48-27-11-4-12-28-48)57(80-69(83-52-35-19-8-20-36-52)64(63)76-45-50-31-15-6-16-32-50)46-78-68-59(71-65(72)55-41-25-26-42-56(55)66(71)73)62(75-44-49-29-13-5-14-30-49)61-58(79-68)47-77-67(81-61)51-33-17-7-18-34-51/h4-42,57-64,67-69H,43-47H2,1-3H3/t57-,58-,59-,60-,61-,62-,63+,64+,67-,68+,69-/m1/s1. The van der Waals surface area contributed by atoms with Crippen LogP contribution in [0.3, 0.4) is 0 Å². The van der Waals surface area contributed by atoms with Crippen LogP contribution in [0.4, 0.5) is 0 Å². The van der Waals surface area contributed by atoms with Gasteiger partial charge in [0.25, 0.3) is 20.1 Å². The number of imide groups is 1. The van der Waals surface area contributed by atoms with Gasteiger partial charge in [0.15, 0.2) is 12.6 Å². The molecule has 8 aromatic carbocycles. The van der Waals surface area contributed by atoms with E-state index in [-0.39, 0.29) is 44.2 Å². The molecule has 11 atom stereocenters. The zero-order chi connectivity index (χ0) is 57.5. The summed E-state index contributed by atoms with van der Waals surface area (Å²) in [6, 6.07) is 76.6. The summed E-state index contributed by atoms with van der Waals surface area (Å²) in [5.74, 6) is -0.989. The van der Waals surface area contributed by atoms with Crippen LogP contribution in [-0.4, -0.2) is 98.7 Å². The molecule has 0 radical (unpaired) electrons. The van der Waals surface area contributed by atoms with Crippen molar-refractivity contribution in [3.05, 3.63) is 270 Å². The molecule has 12 nitrogen and oxygen atoms in total. The van der Waals surface area contributed by atoms with Gasteiger partial charge in [0.05, 0.1) is 44.2 Å². The number of thioether (sulfide) groups is 1. The molecule has 0 aromatic heterocycles. The predicted molar refractivity (Wildman–Crippen MR) is 324 cm³/mol. The number of carbonyl (C=O) groups is 2. The van der Waals surface area contributed by atoms with Crippen LogP contribution in [0.5, 0.6) is 0 Å². The van der Waals surface area contributed by atoms with Gasteiger partial charge in [-0.1, -0.05) is 245 Å². The van der Waals surface area contributed by atoms with Crippen molar-refractivity contribution < 1.29 is 51.9 Å². The minimum Gasteiger partial charge on any atom is -0.399 e. The van der Waals surface area contributed by atoms with Gasteiger partial charge in [0.1, 0.15) is 54.2 Å². The number of ether oxygens (including phenoxy) is 8. The first kappa shape index (κ1) is 57.5. The second-order valence-electron chi connectivity index (χ2n) is 22.6. The van der Waals surface area contributed by atoms with Gasteiger partial charge in [-0.2, -0.15) is 0 Å². The maximum absolute atomic E-state index is 15.0. The lowest BCUT2D eigenvalue weighted by Gasteiger charge is -2.53. The van der Waals surface area contributed by atoms with E-state index >= 15 is 9.59 Å². The Balaban J connectivity index is 0.985. The topological polar surface area (TPSA) is 120 Å². The number of rotatable bonds is 20. The van der Waals surface area contributed by atoms with E-state index < -0.39 is 92.0 Å². The van der Waals surface area contributed by atoms with Crippen LogP contribution in [0.25, 0.3) is 0 Å². The summed E-state index contributed by atoms with van der Waals surface area (Å²) in [6.45, 7) is 7.32. The SMILES string of the molecule is CC(C)(C)[Si](O[C@@H]1[C@H](OCc2ccccc2)[C@@H](Sc2ccccc2)O[C@H](CO[C@H]2O[C@@H]3CO[C@@H](c4ccccc4)O[C@H]3[C@H](OCc3ccccc3)[C@H]2N2C(=O)c3ccccc3C2=O)[C@H]1OCc1ccccc1)(c1ccccc1)c1ccccc1. The van der Waals surface area contributed by atoms with E-state index in [9.17, 15) is 0 Å². The second-order valence-corrected chi connectivity index (χ2v) is 28.0. The van der Waals surface area contributed by atoms with Crippen LogP contribution in [0.2, 0.25) is 5.04 Å². The molecule has 0 bridgehead atoms. The largest absolute Gasteiger partial charge is 0.399 e. The van der Waals surface area contributed by atoms with E-state index in [2.05, 4.69) is 93.6 Å². The Hall–Kier alpha value is -6.89. The van der Waals surface area contributed by atoms with Gasteiger partial charge in [0.2, 0.25) is 0 Å². The highest BCUT2D eigenvalue weighted by Crippen LogP contribution is 2.45. The zero-order valence-corrected chi connectivity index (χ0v) is 49.1. The number of hydrogen-bond acceptors (Lipinski definition) is 12. The van der Waals surface area contributed by atoms with Crippen LogP contribution in [-0.2, 0) is 62.1 Å². The third kappa shape index (κ3) is 12.3. The first-order chi connectivity index (χ1) is 41.1. The molecule has 8 aromatic rings. The van der Waals surface area contributed by atoms with Gasteiger partial charge in [0, 0.05) is 10.5 Å². The molecule has 430 valence electrons. The summed E-state index contributed by atoms with van der Waals surface area (Å²) in [5.41, 5.74) is 3.46. The van der Waals surface area contributed by atoms with Crippen molar-refractivity contribution in [3.63, 3.8) is 0 Å². The molecule has 0 spiro atoms. The number of nitrogens with zero attached hydrogens (tertiary/aromatic N) is 1. The third-order valence-electron chi connectivity index (χ3n) is 16.1. The number of amides is 2. The first-order valence-corrected chi connectivity index (χ1v) is 31.6. The zero-order valence-electron chi connectivity index (χ0n) is 47.2. The molecule has 4 heterocycles. The smallest absolute Gasteiger partial charge is 0.262 e. The average molecular weight is 1160 g/mol. The molecule has 0 aliphatic carbocycles. The lowest BCUT2D eigenvalue weighted by Crippen LogP contribution is -2.72. The summed E-state index contributed by atoms with van der Waals surface area (Å²) < 4.78 is 65.3. The maximum Gasteiger partial charge on any atom is 0.262 e. The molecular formula is C70H69NO11SSi. The molecule has 84 heavy (non-hydrogen) atoms. The molecule has 12 rings (SSSR count). The van der Waals surface area contributed by atoms with Crippen LogP contribution >= 0.6 is 11.8 Å². The van der Waals surface area contributed by atoms with Crippen molar-refractivity contribution in [2.75, 3.05) is 13.2 Å². The van der Waals surface area contributed by atoms with Gasteiger partial charge < -0.3 is 42.3 Å². The van der Waals surface area contributed by atoms with E-state index in [0.717, 1.165) is 37.5 Å². The van der Waals surface area contributed by atoms with E-state index in [1.54, 1.807) is 36.0 Å². The lowest BCUT2D eigenvalue weighted by molar-refractivity contribution is -0.358. The van der Waals surface area contributed by atoms with Crippen molar-refractivity contribution in [3.8, 4) is 0 Å². The van der Waals surface area contributed by atoms with Gasteiger partial charge in [-0.25, -0.2) is 0 Å². The number of fused-ring (bicyclic) bond motifs is 2. The Morgan fingerprint density at radius 1 is 0.500 bits per heavy atom. The number of hydrogen-bond donors (Lipinski definition) is 0. The van der Waals surface area contributed by atoms with Gasteiger partial charge in [-0.3, -0.25) is 14.5 Å². The molecule has 0 saturated carbocycles. The predicted octanol–water partition coefficient (Wildman–Crippen LogP) is 11.7. The molecule has 3 fully saturated rings. The average Bonchev–Trinajstić information content (AvgIpc) is 1.64. The third-order valence-corrected chi connectivity index (χ3v) is 22.3. The Labute approximate surface area is 497 Å². The highest BCUT2D eigenvalue weighted by molar-refractivity contribution is 7.99. The van der Waals surface area contributed by atoms with Crippen molar-refractivity contribution in [2.45, 2.75) is 117 Å². The second kappa shape index (κ2) is 26.2. The fourth-order valence-corrected chi connectivity index (χ4v) is 17.9. The van der Waals surface area contributed by atoms with Crippen molar-refractivity contribution in [2.24, 2.45) is 0 Å². The lowest BCUT2D eigenvalue weighted by atomic mass is 9.93. The molecule has 4 aliphatic heterocycles. The van der Waals surface area contributed by atoms with Crippen molar-refractivity contribution in [1.29, 1.82) is 0 Å². The number of carbonyl (C=O) groups excluding carboxylic acids is 2. The Morgan fingerprint density at radius 3 is 1.46 bits per heavy atom. The van der Waals surface area contributed by atoms with Crippen LogP contribution in [0, 0.1) is 0 Å². The van der Waals surface area contributed by atoms with E-state index in [1.165, 1.54) is 4.90 Å². The monoisotopic (exact) mass is 1160 g/mol. The summed E-state index contributed by atoms with van der Waals surface area (Å²) in [4.78, 5) is 32.2. The highest BCUT2D eigenvalue weighted by Gasteiger charge is 2.60. The molecule has 0 N–H and O–H groups in total. The highest BCUT2D eigenvalue weighted by atomic mass is 32.2. The van der Waals surface area contributed by atoms with Gasteiger partial charge in [-0.05, 0) is 56.4 Å². The van der Waals surface area contributed by atoms with Crippen molar-refractivity contribution in [1.82, 2.24) is 4.90 Å². The fraction of sp³-hybridized carbons (Fsp3) is 0.286. The molecular weight excluding hydrogens is 1090 g/mol. The molecule has 0 unspecified atom stereocenters. The van der Waals surface area contributed by atoms with E-state index in [0.29, 0.717) is 0 Å². The quantitative estimate of drug-likeness (QED) is 0.0534. The number of benzene rings is 8. The Kier molecular flexibility index (Phi) is 17.9. The summed E-state index contributed by atoms with van der Waals surface area (Å²) in [5, 5.41) is 1.71. The van der Waals surface area contributed by atoms with Gasteiger partial charge >= 0.3 is 0 Å². The molecule has 3 saturated heterocycles. The van der Waals surface area contributed by atoms with Crippen LogP contribution in [0.1, 0.15) is 70.0 Å². The molecule has 14 heteroatoms. The fourth-order valence-electron chi connectivity index (χ4n) is 12.1. The molecule has 4 aliphatic rings. The maximum atomic E-state index is 15.0. The van der Waals surface area contributed by atoms with E-state index in [4.69, 9.17) is 42.3 Å². The normalized spacial score (nSPS) is 25.2. The molecule has 2 amide bonds. The Morgan fingerprint density at radius 2 is 0.952 bits per heavy atom. The van der Waals surface area contributed by atoms with E-state index in [1.807, 2.05) is 140 Å². The minimum absolute atomic E-state index is 0.0947. The van der Waals surface area contributed by atoms with Crippen LogP contribution < -0.4 is 10.4 Å². The van der Waals surface area contributed by atoms with Gasteiger partial charge in [-0.15, -0.1) is 0 Å². The summed E-state index contributed by atoms with van der Waals surface area (Å²) >= 11 is 1.55. The Bertz CT molecular complexity index is 3330. The summed E-state index contributed by atoms with van der Waals surface area (Å²) in [6.07, 6.45) is -7.96. The van der Waals surface area contributed by atoms with Crippen molar-refractivity contribution >= 4 is 42.3 Å².